The molecule has 1 N–H and O–H groups in total. The van der Waals surface area contributed by atoms with E-state index in [1.54, 1.807) is 12.1 Å². The summed E-state index contributed by atoms with van der Waals surface area (Å²) in [5.74, 6) is -0.226. The molecule has 16 heavy (non-hydrogen) atoms. The Morgan fingerprint density at radius 3 is 2.44 bits per heavy atom. The van der Waals surface area contributed by atoms with Crippen molar-refractivity contribution in [2.24, 2.45) is 0 Å². The van der Waals surface area contributed by atoms with Crippen molar-refractivity contribution >= 4 is 22.7 Å². The Hall–Kier alpha value is -2.43. The lowest BCUT2D eigenvalue weighted by Gasteiger charge is -2.04. The van der Waals surface area contributed by atoms with Crippen LogP contribution >= 0.6 is 0 Å². The van der Waals surface area contributed by atoms with Gasteiger partial charge in [0.2, 0.25) is 0 Å². The van der Waals surface area contributed by atoms with Crippen molar-refractivity contribution in [1.82, 2.24) is 0 Å². The number of phenolic OH excluding ortho intramolecular Hbond substituents is 1. The van der Waals surface area contributed by atoms with Gasteiger partial charge in [0, 0.05) is 11.5 Å². The topological polar surface area (TPSA) is 80.4 Å². The first-order chi connectivity index (χ1) is 7.65. The summed E-state index contributed by atoms with van der Waals surface area (Å²) in [7, 11) is 0. The number of aromatic hydroxyl groups is 1. The molecule has 0 saturated carbocycles. The lowest BCUT2D eigenvalue weighted by Crippen LogP contribution is -1.93. The number of non-ortho nitro benzene ring substituents is 1. The molecule has 0 aliphatic carbocycles. The van der Waals surface area contributed by atoms with Crippen LogP contribution in [0.2, 0.25) is 0 Å². The monoisotopic (exact) mass is 217 g/mol. The number of carbonyl (C=O) groups is 1. The zero-order valence-corrected chi connectivity index (χ0v) is 8.08. The van der Waals surface area contributed by atoms with Gasteiger partial charge < -0.3 is 5.11 Å². The smallest absolute Gasteiger partial charge is 0.278 e. The SMILES string of the molecule is O=Cc1cc([N+](=O)[O-])c2ccccc2c1O. The van der Waals surface area contributed by atoms with Crippen LogP contribution in [0.1, 0.15) is 10.4 Å². The number of fused-ring (bicyclic) bond motifs is 1. The van der Waals surface area contributed by atoms with Gasteiger partial charge in [0.05, 0.1) is 15.9 Å². The van der Waals surface area contributed by atoms with E-state index in [9.17, 15) is 20.0 Å². The summed E-state index contributed by atoms with van der Waals surface area (Å²) in [5, 5.41) is 21.1. The quantitative estimate of drug-likeness (QED) is 0.475. The highest BCUT2D eigenvalue weighted by Gasteiger charge is 2.17. The number of rotatable bonds is 2. The average Bonchev–Trinajstić information content (AvgIpc) is 2.29. The first-order valence-corrected chi connectivity index (χ1v) is 4.49. The minimum Gasteiger partial charge on any atom is -0.507 e. The molecule has 2 aromatic carbocycles. The summed E-state index contributed by atoms with van der Waals surface area (Å²) in [5.41, 5.74) is -0.263. The van der Waals surface area contributed by atoms with E-state index in [-0.39, 0.29) is 17.0 Å². The van der Waals surface area contributed by atoms with Gasteiger partial charge >= 0.3 is 0 Å². The molecular formula is C11H7NO4. The molecular weight excluding hydrogens is 210 g/mol. The van der Waals surface area contributed by atoms with E-state index < -0.39 is 4.92 Å². The van der Waals surface area contributed by atoms with Crippen LogP contribution in [0.5, 0.6) is 5.75 Å². The maximum Gasteiger partial charge on any atom is 0.278 e. The highest BCUT2D eigenvalue weighted by atomic mass is 16.6. The third kappa shape index (κ3) is 1.38. The highest BCUT2D eigenvalue weighted by molar-refractivity contribution is 6.01. The minimum absolute atomic E-state index is 0.0783. The molecule has 0 atom stereocenters. The summed E-state index contributed by atoms with van der Waals surface area (Å²) in [6, 6.07) is 7.41. The highest BCUT2D eigenvalue weighted by Crippen LogP contribution is 2.34. The van der Waals surface area contributed by atoms with Crippen LogP contribution in [-0.4, -0.2) is 16.3 Å². The lowest BCUT2D eigenvalue weighted by atomic mass is 10.0. The van der Waals surface area contributed by atoms with Gasteiger partial charge in [0.25, 0.3) is 5.69 Å². The number of aldehydes is 1. The van der Waals surface area contributed by atoms with Gasteiger partial charge in [-0.15, -0.1) is 0 Å². The third-order valence-corrected chi connectivity index (χ3v) is 2.35. The van der Waals surface area contributed by atoms with Gasteiger partial charge in [-0.1, -0.05) is 18.2 Å². The van der Waals surface area contributed by atoms with Crippen LogP contribution in [0.3, 0.4) is 0 Å². The second kappa shape index (κ2) is 3.62. The van der Waals surface area contributed by atoms with Crippen molar-refractivity contribution in [3.63, 3.8) is 0 Å². The molecule has 0 aliphatic rings. The van der Waals surface area contributed by atoms with Crippen LogP contribution in [0.4, 0.5) is 5.69 Å². The van der Waals surface area contributed by atoms with Gasteiger partial charge in [0.1, 0.15) is 5.75 Å². The maximum absolute atomic E-state index is 10.8. The number of nitrogens with zero attached hydrogens (tertiary/aromatic N) is 1. The second-order valence-corrected chi connectivity index (χ2v) is 3.25. The van der Waals surface area contributed by atoms with Crippen LogP contribution in [-0.2, 0) is 0 Å². The Labute approximate surface area is 90.1 Å². The van der Waals surface area contributed by atoms with E-state index in [2.05, 4.69) is 0 Å². The fourth-order valence-corrected chi connectivity index (χ4v) is 1.60. The second-order valence-electron chi connectivity index (χ2n) is 3.25. The van der Waals surface area contributed by atoms with Gasteiger partial charge in [-0.25, -0.2) is 0 Å². The number of carbonyl (C=O) groups excluding carboxylic acids is 1. The van der Waals surface area contributed by atoms with Crippen LogP contribution in [0.25, 0.3) is 10.8 Å². The van der Waals surface area contributed by atoms with Gasteiger partial charge in [-0.05, 0) is 6.07 Å². The Morgan fingerprint density at radius 2 is 1.88 bits per heavy atom. The molecule has 2 aromatic rings. The summed E-state index contributed by atoms with van der Waals surface area (Å²) in [4.78, 5) is 20.9. The number of nitro benzene ring substituents is 1. The largest absolute Gasteiger partial charge is 0.507 e. The number of benzene rings is 2. The standard InChI is InChI=1S/C11H7NO4/c13-6-7-5-10(12(15)16)8-3-1-2-4-9(8)11(7)14/h1-6,14H. The number of hydrogen-bond acceptors (Lipinski definition) is 4. The van der Waals surface area contributed by atoms with Crippen LogP contribution < -0.4 is 0 Å². The average molecular weight is 217 g/mol. The van der Waals surface area contributed by atoms with Crippen molar-refractivity contribution in [3.05, 3.63) is 46.0 Å². The normalized spacial score (nSPS) is 10.2. The Bertz CT molecular complexity index is 592. The Morgan fingerprint density at radius 1 is 1.25 bits per heavy atom. The van der Waals surface area contributed by atoms with E-state index in [1.165, 1.54) is 12.1 Å². The maximum atomic E-state index is 10.8. The van der Waals surface area contributed by atoms with Crippen molar-refractivity contribution in [3.8, 4) is 5.75 Å². The first kappa shape index (κ1) is 10.1. The molecule has 0 unspecified atom stereocenters. The predicted octanol–water partition coefficient (Wildman–Crippen LogP) is 2.27. The predicted molar refractivity (Wildman–Crippen MR) is 57.7 cm³/mol. The minimum atomic E-state index is -0.575. The van der Waals surface area contributed by atoms with Crippen LogP contribution in [0, 0.1) is 10.1 Å². The van der Waals surface area contributed by atoms with E-state index in [1.807, 2.05) is 0 Å². The molecule has 0 bridgehead atoms. The van der Waals surface area contributed by atoms with Gasteiger partial charge in [0.15, 0.2) is 6.29 Å². The summed E-state index contributed by atoms with van der Waals surface area (Å²) < 4.78 is 0. The van der Waals surface area contributed by atoms with Gasteiger partial charge in [-0.2, -0.15) is 0 Å². The molecule has 5 nitrogen and oxygen atoms in total. The van der Waals surface area contributed by atoms with Crippen molar-refractivity contribution in [1.29, 1.82) is 0 Å². The molecule has 0 aliphatic heterocycles. The zero-order chi connectivity index (χ0) is 11.7. The first-order valence-electron chi connectivity index (χ1n) is 4.49. The lowest BCUT2D eigenvalue weighted by molar-refractivity contribution is -0.383. The van der Waals surface area contributed by atoms with E-state index in [0.29, 0.717) is 17.1 Å². The summed E-state index contributed by atoms with van der Waals surface area (Å²) in [6.07, 6.45) is 0.398. The molecule has 0 radical (unpaired) electrons. The number of phenols is 1. The fourth-order valence-electron chi connectivity index (χ4n) is 1.60. The summed E-state index contributed by atoms with van der Waals surface area (Å²) >= 11 is 0. The molecule has 0 aromatic heterocycles. The molecule has 5 heteroatoms. The number of nitro groups is 1. The molecule has 2 rings (SSSR count). The van der Waals surface area contributed by atoms with Crippen LogP contribution in [0.15, 0.2) is 30.3 Å². The zero-order valence-electron chi connectivity index (χ0n) is 8.08. The molecule has 0 saturated heterocycles. The van der Waals surface area contributed by atoms with Crippen molar-refractivity contribution in [2.75, 3.05) is 0 Å². The Kier molecular flexibility index (Phi) is 2.28. The van der Waals surface area contributed by atoms with E-state index in [0.717, 1.165) is 6.07 Å². The van der Waals surface area contributed by atoms with Gasteiger partial charge in [-0.3, -0.25) is 14.9 Å². The van der Waals surface area contributed by atoms with Crippen molar-refractivity contribution < 1.29 is 14.8 Å². The third-order valence-electron chi connectivity index (χ3n) is 2.35. The molecule has 0 spiro atoms. The fraction of sp³-hybridized carbons (Fsp3) is 0. The van der Waals surface area contributed by atoms with E-state index >= 15 is 0 Å². The molecule has 0 fully saturated rings. The number of hydrogen-bond donors (Lipinski definition) is 1. The molecule has 80 valence electrons. The summed E-state index contributed by atoms with van der Waals surface area (Å²) in [6.45, 7) is 0. The molecule has 0 heterocycles. The van der Waals surface area contributed by atoms with E-state index in [4.69, 9.17) is 0 Å². The molecule has 0 amide bonds. The van der Waals surface area contributed by atoms with Crippen molar-refractivity contribution in [2.45, 2.75) is 0 Å². The Balaban J connectivity index is 2.95.